The smallest absolute Gasteiger partial charge is 2.00 e. The summed E-state index contributed by atoms with van der Waals surface area (Å²) in [6.45, 7) is 2.85. The van der Waals surface area contributed by atoms with E-state index in [1.54, 1.807) is 60.9 Å². The topological polar surface area (TPSA) is 285 Å². The molecule has 63 heavy (non-hydrogen) atoms. The van der Waals surface area contributed by atoms with Crippen molar-refractivity contribution in [2.45, 2.75) is 39.3 Å². The Labute approximate surface area is 409 Å². The van der Waals surface area contributed by atoms with E-state index in [0.29, 0.717) is 62.0 Å². The van der Waals surface area contributed by atoms with E-state index in [1.165, 1.54) is 0 Å². The fraction of sp³-hybridized carbons (Fsp3) is 0.150. The standard InChI is InChI=1S/2C20H20N6O2.4ClH.2Fe.O/c2*21-19(27)17-8-3-6-15(24-17)12-26(11-14-5-1-2-10-23-14)13-16-7-4-9-18(25-16)20(22)28;;;;;;;/h2*1-10H,11-13H2,(H2,21,27)(H2,22,28);4*1H;;;/q;;;;;;2*+3;-2/p-4. The van der Waals surface area contributed by atoms with Crippen LogP contribution in [-0.2, 0) is 78.9 Å². The van der Waals surface area contributed by atoms with Crippen LogP contribution in [-0.4, -0.2) is 63.3 Å². The Morgan fingerprint density at radius 1 is 0.365 bits per heavy atom. The van der Waals surface area contributed by atoms with Crippen molar-refractivity contribution in [2.75, 3.05) is 0 Å². The molecule has 334 valence electrons. The Balaban J connectivity index is -0.00000103. The number of primary amides is 4. The van der Waals surface area contributed by atoms with Gasteiger partial charge in [0.2, 0.25) is 0 Å². The summed E-state index contributed by atoms with van der Waals surface area (Å²) in [4.78, 5) is 75.7. The zero-order chi connectivity index (χ0) is 39.9. The Morgan fingerprint density at radius 2 is 0.587 bits per heavy atom. The molecule has 23 heteroatoms. The van der Waals surface area contributed by atoms with Crippen LogP contribution in [0.5, 0.6) is 0 Å². The van der Waals surface area contributed by atoms with Gasteiger partial charge in [-0.2, -0.15) is 0 Å². The number of amides is 4. The summed E-state index contributed by atoms with van der Waals surface area (Å²) < 4.78 is 0. The Kier molecular flexibility index (Phi) is 31.2. The summed E-state index contributed by atoms with van der Waals surface area (Å²) in [7, 11) is 0. The summed E-state index contributed by atoms with van der Waals surface area (Å²) >= 11 is 0. The fourth-order valence-corrected chi connectivity index (χ4v) is 5.51. The molecule has 0 aliphatic carbocycles. The van der Waals surface area contributed by atoms with Crippen molar-refractivity contribution in [3.05, 3.63) is 179 Å². The van der Waals surface area contributed by atoms with Gasteiger partial charge in [0.15, 0.2) is 0 Å². The molecule has 0 aliphatic heterocycles. The summed E-state index contributed by atoms with van der Waals surface area (Å²) in [5.74, 6) is -2.30. The van der Waals surface area contributed by atoms with Crippen molar-refractivity contribution in [3.63, 3.8) is 0 Å². The number of hydrogen-bond acceptors (Lipinski definition) is 12. The van der Waals surface area contributed by atoms with Gasteiger partial charge >= 0.3 is 34.1 Å². The maximum atomic E-state index is 11.4. The second kappa shape index (κ2) is 31.7. The second-order valence-corrected chi connectivity index (χ2v) is 12.4. The SMILES string of the molecule is NC(=O)c1cccc(CN(Cc2ccccn2)Cc2cccc(C(N)=O)n2)n1.NC(=O)c1cccc(CN(Cc2ccccn2)Cc2cccc(C(N)=O)n2)n1.[Cl-].[Cl-].[Cl-].[Cl-].[Fe+3].[Fe+3].[O-2]. The number of carbonyl (C=O) groups excluding carboxylic acids is 4. The Bertz CT molecular complexity index is 2030. The Hall–Kier alpha value is -5.14. The van der Waals surface area contributed by atoms with E-state index in [2.05, 4.69) is 39.7 Å². The molecule has 0 aliphatic rings. The van der Waals surface area contributed by atoms with Gasteiger partial charge in [-0.15, -0.1) is 0 Å². The maximum absolute atomic E-state index is 11.4. The van der Waals surface area contributed by atoms with Crippen molar-refractivity contribution >= 4 is 23.6 Å². The molecule has 17 nitrogen and oxygen atoms in total. The van der Waals surface area contributed by atoms with E-state index in [9.17, 15) is 19.2 Å². The van der Waals surface area contributed by atoms with Crippen LogP contribution in [0.2, 0.25) is 0 Å². The molecule has 8 N–H and O–H groups in total. The van der Waals surface area contributed by atoms with Crippen LogP contribution in [0, 0.1) is 0 Å². The van der Waals surface area contributed by atoms with Gasteiger partial charge in [-0.05, 0) is 72.8 Å². The zero-order valence-corrected chi connectivity index (χ0v) is 38.2. The monoisotopic (exact) mass is 1020 g/mol. The zero-order valence-electron chi connectivity index (χ0n) is 32.9. The minimum Gasteiger partial charge on any atom is -2.00 e. The molecule has 0 bridgehead atoms. The van der Waals surface area contributed by atoms with Gasteiger partial charge in [0, 0.05) is 51.7 Å². The van der Waals surface area contributed by atoms with Crippen LogP contribution in [0.25, 0.3) is 0 Å². The number of halogens is 4. The molecular formula is C40H40Cl4Fe2N12O5. The molecular weight excluding hydrogens is 982 g/mol. The second-order valence-electron chi connectivity index (χ2n) is 12.4. The van der Waals surface area contributed by atoms with Gasteiger partial charge in [-0.25, -0.2) is 19.9 Å². The molecule has 2 radical (unpaired) electrons. The van der Waals surface area contributed by atoms with Gasteiger partial charge in [0.25, 0.3) is 23.6 Å². The van der Waals surface area contributed by atoms with E-state index in [-0.39, 0.29) is 112 Å². The molecule has 6 rings (SSSR count). The summed E-state index contributed by atoms with van der Waals surface area (Å²) in [5.41, 5.74) is 26.7. The van der Waals surface area contributed by atoms with Gasteiger partial charge in [-0.1, -0.05) is 36.4 Å². The van der Waals surface area contributed by atoms with Crippen LogP contribution >= 0.6 is 0 Å². The average molecular weight is 1020 g/mol. The van der Waals surface area contributed by atoms with E-state index in [0.717, 1.165) is 11.4 Å². The van der Waals surface area contributed by atoms with Crippen molar-refractivity contribution in [1.29, 1.82) is 0 Å². The molecule has 6 aromatic rings. The van der Waals surface area contributed by atoms with Crippen LogP contribution in [0.3, 0.4) is 0 Å². The van der Waals surface area contributed by atoms with E-state index < -0.39 is 23.6 Å². The number of hydrogen-bond donors (Lipinski definition) is 4. The molecule has 0 fully saturated rings. The molecule has 0 atom stereocenters. The first kappa shape index (κ1) is 62.2. The maximum Gasteiger partial charge on any atom is 3.00 e. The normalized spacial score (nSPS) is 9.56. The molecule has 0 aromatic carbocycles. The van der Waals surface area contributed by atoms with E-state index in [4.69, 9.17) is 22.9 Å². The first-order chi connectivity index (χ1) is 27.0. The fourth-order valence-electron chi connectivity index (χ4n) is 5.51. The number of carbonyl (C=O) groups is 4. The molecule has 0 saturated carbocycles. The van der Waals surface area contributed by atoms with Gasteiger partial charge in [0.05, 0.1) is 34.2 Å². The quantitative estimate of drug-likeness (QED) is 0.0658. The first-order valence-corrected chi connectivity index (χ1v) is 17.3. The largest absolute Gasteiger partial charge is 3.00 e. The van der Waals surface area contributed by atoms with E-state index in [1.807, 2.05) is 60.7 Å². The van der Waals surface area contributed by atoms with E-state index >= 15 is 0 Å². The number of aromatic nitrogens is 6. The number of pyridine rings is 6. The van der Waals surface area contributed by atoms with Gasteiger partial charge < -0.3 is 78.0 Å². The van der Waals surface area contributed by atoms with Crippen LogP contribution in [0.15, 0.2) is 122 Å². The van der Waals surface area contributed by atoms with Crippen molar-refractivity contribution in [3.8, 4) is 0 Å². The van der Waals surface area contributed by atoms with Crippen molar-refractivity contribution in [1.82, 2.24) is 39.7 Å². The minimum atomic E-state index is -0.575. The predicted molar refractivity (Wildman–Crippen MR) is 206 cm³/mol. The molecule has 0 unspecified atom stereocenters. The average Bonchev–Trinajstić information content (AvgIpc) is 3.19. The summed E-state index contributed by atoms with van der Waals surface area (Å²) in [6.07, 6.45) is 3.46. The Morgan fingerprint density at radius 3 is 0.794 bits per heavy atom. The number of nitrogens with two attached hydrogens (primary N) is 4. The van der Waals surface area contributed by atoms with Crippen LogP contribution < -0.4 is 72.6 Å². The predicted octanol–water partition coefficient (Wildman–Crippen LogP) is -9.56. The minimum absolute atomic E-state index is 0. The molecule has 0 saturated heterocycles. The van der Waals surface area contributed by atoms with Gasteiger partial charge in [0.1, 0.15) is 22.8 Å². The third kappa shape index (κ3) is 20.7. The number of rotatable bonds is 16. The summed E-state index contributed by atoms with van der Waals surface area (Å²) in [6, 6.07) is 32.0. The molecule has 4 amide bonds. The van der Waals surface area contributed by atoms with Crippen LogP contribution in [0.1, 0.15) is 76.1 Å². The third-order valence-corrected chi connectivity index (χ3v) is 8.00. The van der Waals surface area contributed by atoms with Crippen LogP contribution in [0.4, 0.5) is 0 Å². The van der Waals surface area contributed by atoms with Crippen molar-refractivity contribution in [2.24, 2.45) is 22.9 Å². The first-order valence-electron chi connectivity index (χ1n) is 17.3. The molecule has 6 heterocycles. The van der Waals surface area contributed by atoms with Gasteiger partial charge in [-0.3, -0.25) is 38.9 Å². The third-order valence-electron chi connectivity index (χ3n) is 8.00. The van der Waals surface area contributed by atoms with Crippen molar-refractivity contribution < 1.29 is 108 Å². The summed E-state index contributed by atoms with van der Waals surface area (Å²) in [5, 5.41) is 0. The number of nitrogens with zero attached hydrogens (tertiary/aromatic N) is 8. The molecule has 6 aromatic heterocycles. The molecule has 0 spiro atoms.